The van der Waals surface area contributed by atoms with Gasteiger partial charge in [0.1, 0.15) is 0 Å². The number of aryl methyl sites for hydroxylation is 1. The molecule has 0 spiro atoms. The highest BCUT2D eigenvalue weighted by atomic mass is 16.5. The van der Waals surface area contributed by atoms with E-state index in [1.807, 2.05) is 31.2 Å². The van der Waals surface area contributed by atoms with E-state index in [0.29, 0.717) is 17.1 Å². The van der Waals surface area contributed by atoms with E-state index in [-0.39, 0.29) is 12.5 Å². The van der Waals surface area contributed by atoms with Gasteiger partial charge >= 0.3 is 5.97 Å². The average molecular weight is 408 g/mol. The Morgan fingerprint density at radius 2 is 1.87 bits per heavy atom. The van der Waals surface area contributed by atoms with Gasteiger partial charge in [0.25, 0.3) is 11.8 Å². The van der Waals surface area contributed by atoms with Gasteiger partial charge in [-0.05, 0) is 30.3 Å². The lowest BCUT2D eigenvalue weighted by Crippen LogP contribution is -2.24. The summed E-state index contributed by atoms with van der Waals surface area (Å²) in [5, 5.41) is 16.9. The molecule has 0 radical (unpaired) electrons. The van der Waals surface area contributed by atoms with Gasteiger partial charge in [0.2, 0.25) is 5.82 Å². The van der Waals surface area contributed by atoms with Crippen molar-refractivity contribution < 1.29 is 19.1 Å². The summed E-state index contributed by atoms with van der Waals surface area (Å²) in [6.07, 6.45) is 0. The van der Waals surface area contributed by atoms with Crippen LogP contribution < -0.4 is 10.6 Å². The molecule has 0 aliphatic heterocycles. The number of benzene rings is 2. The third kappa shape index (κ3) is 5.47. The molecule has 0 aliphatic carbocycles. The number of carbonyl (C=O) groups excluding carboxylic acids is 3. The molecular formula is C20H20N6O4. The highest BCUT2D eigenvalue weighted by Crippen LogP contribution is 2.14. The zero-order chi connectivity index (χ0) is 21.5. The maximum absolute atomic E-state index is 12.0. The Bertz CT molecular complexity index is 1060. The summed E-state index contributed by atoms with van der Waals surface area (Å²) < 4.78 is 4.95. The number of hydrogen-bond acceptors (Lipinski definition) is 7. The van der Waals surface area contributed by atoms with Crippen molar-refractivity contribution >= 4 is 23.5 Å². The molecular weight excluding hydrogens is 388 g/mol. The fraction of sp³-hybridized carbons (Fsp3) is 0.200. The number of hydrogen-bond donors (Lipinski definition) is 2. The van der Waals surface area contributed by atoms with Crippen molar-refractivity contribution in [3.8, 4) is 11.4 Å². The molecule has 2 amide bonds. The molecule has 0 fully saturated rings. The second-order valence-electron chi connectivity index (χ2n) is 6.38. The van der Waals surface area contributed by atoms with Gasteiger partial charge in [-0.25, -0.2) is 4.79 Å². The number of nitrogens with one attached hydrogen (secondary N) is 2. The van der Waals surface area contributed by atoms with Gasteiger partial charge in [-0.15, -0.1) is 10.2 Å². The molecule has 10 nitrogen and oxygen atoms in total. The first kappa shape index (κ1) is 20.6. The molecule has 1 heterocycles. The molecule has 0 atom stereocenters. The summed E-state index contributed by atoms with van der Waals surface area (Å²) in [5.74, 6) is -1.11. The zero-order valence-electron chi connectivity index (χ0n) is 16.5. The minimum atomic E-state index is -0.683. The Hall–Kier alpha value is -4.08. The number of carbonyl (C=O) groups is 3. The highest BCUT2D eigenvalue weighted by molar-refractivity contribution is 5.97. The van der Waals surface area contributed by atoms with Gasteiger partial charge in [0.05, 0.1) is 0 Å². The van der Waals surface area contributed by atoms with E-state index in [9.17, 15) is 14.4 Å². The molecule has 30 heavy (non-hydrogen) atoms. The van der Waals surface area contributed by atoms with Crippen LogP contribution in [0.5, 0.6) is 0 Å². The first-order chi connectivity index (χ1) is 14.4. The van der Waals surface area contributed by atoms with Crippen molar-refractivity contribution in [1.29, 1.82) is 0 Å². The van der Waals surface area contributed by atoms with Crippen LogP contribution in [-0.4, -0.2) is 51.6 Å². The zero-order valence-corrected chi connectivity index (χ0v) is 16.5. The first-order valence-corrected chi connectivity index (χ1v) is 9.07. The van der Waals surface area contributed by atoms with Gasteiger partial charge in [-0.3, -0.25) is 9.59 Å². The normalized spacial score (nSPS) is 10.3. The standard InChI is InChI=1S/C20H20N6O4/c1-13-6-8-14(9-7-13)19-23-25-26(24-19)11-18(28)30-12-17(27)22-16-5-3-4-15(10-16)20(29)21-2/h3-10H,11-12H2,1-2H3,(H,21,29)(H,22,27). The molecule has 0 unspecified atom stereocenters. The topological polar surface area (TPSA) is 128 Å². The molecule has 0 bridgehead atoms. The maximum Gasteiger partial charge on any atom is 0.330 e. The summed E-state index contributed by atoms with van der Waals surface area (Å²) >= 11 is 0. The van der Waals surface area contributed by atoms with Gasteiger partial charge in [-0.2, -0.15) is 4.80 Å². The number of tetrazole rings is 1. The van der Waals surface area contributed by atoms with Crippen molar-refractivity contribution in [3.63, 3.8) is 0 Å². The lowest BCUT2D eigenvalue weighted by atomic mass is 10.1. The van der Waals surface area contributed by atoms with Crippen molar-refractivity contribution in [3.05, 3.63) is 59.7 Å². The Morgan fingerprint density at radius 3 is 2.60 bits per heavy atom. The van der Waals surface area contributed by atoms with Crippen molar-refractivity contribution in [2.75, 3.05) is 19.0 Å². The average Bonchev–Trinajstić information content (AvgIpc) is 3.20. The maximum atomic E-state index is 12.0. The Morgan fingerprint density at radius 1 is 1.10 bits per heavy atom. The summed E-state index contributed by atoms with van der Waals surface area (Å²) in [4.78, 5) is 36.7. The lowest BCUT2D eigenvalue weighted by Gasteiger charge is -2.07. The van der Waals surface area contributed by atoms with E-state index in [1.54, 1.807) is 18.2 Å². The second-order valence-corrected chi connectivity index (χ2v) is 6.38. The molecule has 0 aliphatic rings. The number of esters is 1. The van der Waals surface area contributed by atoms with E-state index in [4.69, 9.17) is 4.74 Å². The van der Waals surface area contributed by atoms with Crippen LogP contribution in [0.2, 0.25) is 0 Å². The van der Waals surface area contributed by atoms with Crippen molar-refractivity contribution in [2.24, 2.45) is 0 Å². The largest absolute Gasteiger partial charge is 0.454 e. The van der Waals surface area contributed by atoms with Gasteiger partial charge in [0, 0.05) is 23.9 Å². The van der Waals surface area contributed by atoms with Crippen LogP contribution in [-0.2, 0) is 20.9 Å². The predicted molar refractivity (Wildman–Crippen MR) is 107 cm³/mol. The molecule has 3 aromatic rings. The SMILES string of the molecule is CNC(=O)c1cccc(NC(=O)COC(=O)Cn2nnc(-c3ccc(C)cc3)n2)c1. The molecule has 154 valence electrons. The number of amides is 2. The van der Waals surface area contributed by atoms with Crippen LogP contribution in [0, 0.1) is 6.92 Å². The fourth-order valence-electron chi connectivity index (χ4n) is 2.52. The van der Waals surface area contributed by atoms with Crippen LogP contribution >= 0.6 is 0 Å². The molecule has 0 saturated carbocycles. The lowest BCUT2D eigenvalue weighted by molar-refractivity contribution is -0.148. The van der Waals surface area contributed by atoms with Crippen LogP contribution in [0.15, 0.2) is 48.5 Å². The van der Waals surface area contributed by atoms with E-state index in [0.717, 1.165) is 15.9 Å². The number of nitrogens with zero attached hydrogens (tertiary/aromatic N) is 4. The highest BCUT2D eigenvalue weighted by Gasteiger charge is 2.13. The Kier molecular flexibility index (Phi) is 6.48. The quantitative estimate of drug-likeness (QED) is 0.562. The monoisotopic (exact) mass is 408 g/mol. The van der Waals surface area contributed by atoms with Crippen LogP contribution in [0.25, 0.3) is 11.4 Å². The molecule has 2 aromatic carbocycles. The Labute approximate surface area is 172 Å². The van der Waals surface area contributed by atoms with Gasteiger partial charge in [-0.1, -0.05) is 35.9 Å². The number of aromatic nitrogens is 4. The summed E-state index contributed by atoms with van der Waals surface area (Å²) in [6, 6.07) is 14.0. The van der Waals surface area contributed by atoms with Crippen LogP contribution in [0.4, 0.5) is 5.69 Å². The summed E-state index contributed by atoms with van der Waals surface area (Å²) in [7, 11) is 1.51. The van der Waals surface area contributed by atoms with Crippen LogP contribution in [0.1, 0.15) is 15.9 Å². The minimum Gasteiger partial charge on any atom is -0.454 e. The third-order valence-electron chi connectivity index (χ3n) is 4.03. The minimum absolute atomic E-state index is 0.275. The first-order valence-electron chi connectivity index (χ1n) is 9.07. The molecule has 2 N–H and O–H groups in total. The summed E-state index contributed by atoms with van der Waals surface area (Å²) in [5.41, 5.74) is 2.69. The summed E-state index contributed by atoms with van der Waals surface area (Å²) in [6.45, 7) is 1.21. The van der Waals surface area contributed by atoms with Crippen molar-refractivity contribution in [2.45, 2.75) is 13.5 Å². The van der Waals surface area contributed by atoms with Gasteiger partial charge < -0.3 is 15.4 Å². The number of anilines is 1. The number of ether oxygens (including phenoxy) is 1. The Balaban J connectivity index is 1.49. The smallest absolute Gasteiger partial charge is 0.330 e. The predicted octanol–water partition coefficient (Wildman–Crippen LogP) is 1.19. The molecule has 1 aromatic heterocycles. The van der Waals surface area contributed by atoms with E-state index >= 15 is 0 Å². The van der Waals surface area contributed by atoms with E-state index in [1.165, 1.54) is 13.1 Å². The number of rotatable bonds is 7. The van der Waals surface area contributed by atoms with E-state index in [2.05, 4.69) is 26.0 Å². The second kappa shape index (κ2) is 9.41. The van der Waals surface area contributed by atoms with E-state index < -0.39 is 18.5 Å². The molecule has 3 rings (SSSR count). The van der Waals surface area contributed by atoms with Crippen molar-refractivity contribution in [1.82, 2.24) is 25.5 Å². The third-order valence-corrected chi connectivity index (χ3v) is 4.03. The van der Waals surface area contributed by atoms with Crippen LogP contribution in [0.3, 0.4) is 0 Å². The molecule has 0 saturated heterocycles. The fourth-order valence-corrected chi connectivity index (χ4v) is 2.52. The van der Waals surface area contributed by atoms with Gasteiger partial charge in [0.15, 0.2) is 13.2 Å². The molecule has 10 heteroatoms.